The predicted molar refractivity (Wildman–Crippen MR) is 145 cm³/mol. The fourth-order valence-electron chi connectivity index (χ4n) is 6.59. The Morgan fingerprint density at radius 2 is 1.62 bits per heavy atom. The lowest BCUT2D eigenvalue weighted by atomic mass is 9.50. The van der Waals surface area contributed by atoms with Crippen molar-refractivity contribution in [3.63, 3.8) is 0 Å². The molecule has 2 nitrogen and oxygen atoms in total. The van der Waals surface area contributed by atoms with Crippen molar-refractivity contribution in [1.29, 1.82) is 0 Å². The quantitative estimate of drug-likeness (QED) is 0.483. The third-order valence-electron chi connectivity index (χ3n) is 8.51. The molecule has 0 aliphatic heterocycles. The summed E-state index contributed by atoms with van der Waals surface area (Å²) >= 11 is 0. The number of ether oxygens (including phenoxy) is 1. The molecule has 2 heteroatoms. The standard InChI is InChI=1S/C29H40O2.C3H8/c1-20(2)31-24-12-9-22(10-13-24)27(3,4)23-11-14-25-21(18-23)8-15-26-28(5,19-30)16-7-17-29(25,26)6;1-3-2/h9-14,18,20,26,30H,7-8,15-17,19H2,1-6H3;3H2,1-2H3. The van der Waals surface area contributed by atoms with E-state index in [1.54, 1.807) is 0 Å². The van der Waals surface area contributed by atoms with Gasteiger partial charge in [0.15, 0.2) is 0 Å². The second kappa shape index (κ2) is 10.4. The van der Waals surface area contributed by atoms with Crippen molar-refractivity contribution in [3.05, 3.63) is 64.7 Å². The van der Waals surface area contributed by atoms with Gasteiger partial charge in [0.1, 0.15) is 5.75 Å². The van der Waals surface area contributed by atoms with Gasteiger partial charge in [-0.1, -0.05) is 84.7 Å². The topological polar surface area (TPSA) is 29.5 Å². The molecule has 2 aromatic carbocycles. The molecule has 2 aliphatic carbocycles. The van der Waals surface area contributed by atoms with Crippen molar-refractivity contribution in [3.8, 4) is 5.75 Å². The lowest BCUT2D eigenvalue weighted by Gasteiger charge is -2.55. The molecule has 1 fully saturated rings. The first-order valence-corrected chi connectivity index (χ1v) is 13.5. The van der Waals surface area contributed by atoms with Crippen LogP contribution in [-0.4, -0.2) is 17.8 Å². The van der Waals surface area contributed by atoms with E-state index in [0.29, 0.717) is 12.5 Å². The Morgan fingerprint density at radius 3 is 2.21 bits per heavy atom. The summed E-state index contributed by atoms with van der Waals surface area (Å²) in [5, 5.41) is 10.2. The lowest BCUT2D eigenvalue weighted by Crippen LogP contribution is -2.50. The highest BCUT2D eigenvalue weighted by Crippen LogP contribution is 2.57. The third-order valence-corrected chi connectivity index (χ3v) is 8.51. The molecule has 0 amide bonds. The second-order valence-corrected chi connectivity index (χ2v) is 12.1. The van der Waals surface area contributed by atoms with Crippen molar-refractivity contribution >= 4 is 0 Å². The van der Waals surface area contributed by atoms with Gasteiger partial charge in [-0.2, -0.15) is 0 Å². The Hall–Kier alpha value is -1.80. The van der Waals surface area contributed by atoms with E-state index in [-0.39, 0.29) is 22.3 Å². The van der Waals surface area contributed by atoms with Gasteiger partial charge in [0.25, 0.3) is 0 Å². The minimum absolute atomic E-state index is 0.0580. The normalized spacial score (nSPS) is 26.2. The molecule has 0 saturated heterocycles. The molecule has 188 valence electrons. The molecule has 3 unspecified atom stereocenters. The van der Waals surface area contributed by atoms with E-state index in [1.165, 1.54) is 47.9 Å². The first kappa shape index (κ1) is 26.8. The molecule has 1 N–H and O–H groups in total. The van der Waals surface area contributed by atoms with Crippen LogP contribution in [-0.2, 0) is 17.3 Å². The maximum atomic E-state index is 10.2. The van der Waals surface area contributed by atoms with Gasteiger partial charge in [-0.15, -0.1) is 0 Å². The number of hydrogen-bond acceptors (Lipinski definition) is 2. The highest BCUT2D eigenvalue weighted by atomic mass is 16.5. The lowest BCUT2D eigenvalue weighted by molar-refractivity contribution is -0.0179. The first-order chi connectivity index (χ1) is 16.0. The van der Waals surface area contributed by atoms with E-state index < -0.39 is 0 Å². The summed E-state index contributed by atoms with van der Waals surface area (Å²) in [5.74, 6) is 1.50. The Labute approximate surface area is 209 Å². The van der Waals surface area contributed by atoms with Gasteiger partial charge < -0.3 is 9.84 Å². The van der Waals surface area contributed by atoms with E-state index >= 15 is 0 Å². The first-order valence-electron chi connectivity index (χ1n) is 13.5. The molecular weight excluding hydrogens is 416 g/mol. The highest BCUT2D eigenvalue weighted by Gasteiger charge is 2.51. The Bertz CT molecular complexity index is 942. The van der Waals surface area contributed by atoms with Crippen LogP contribution in [0.3, 0.4) is 0 Å². The predicted octanol–water partition coefficient (Wildman–Crippen LogP) is 8.22. The molecule has 34 heavy (non-hydrogen) atoms. The summed E-state index contributed by atoms with van der Waals surface area (Å²) in [5.41, 5.74) is 5.93. The Morgan fingerprint density at radius 1 is 1.00 bits per heavy atom. The summed E-state index contributed by atoms with van der Waals surface area (Å²) in [7, 11) is 0. The number of aliphatic hydroxyl groups excluding tert-OH is 1. The molecule has 0 aromatic heterocycles. The van der Waals surface area contributed by atoms with Gasteiger partial charge in [-0.05, 0) is 90.7 Å². The van der Waals surface area contributed by atoms with Gasteiger partial charge in [-0.25, -0.2) is 0 Å². The van der Waals surface area contributed by atoms with Crippen LogP contribution < -0.4 is 4.74 Å². The molecule has 4 rings (SSSR count). The highest BCUT2D eigenvalue weighted by molar-refractivity contribution is 5.47. The van der Waals surface area contributed by atoms with Gasteiger partial charge in [-0.3, -0.25) is 0 Å². The van der Waals surface area contributed by atoms with Crippen LogP contribution in [0, 0.1) is 11.3 Å². The Balaban J connectivity index is 0.00000103. The van der Waals surface area contributed by atoms with Gasteiger partial charge >= 0.3 is 0 Å². The van der Waals surface area contributed by atoms with Gasteiger partial charge in [0.2, 0.25) is 0 Å². The van der Waals surface area contributed by atoms with Crippen LogP contribution in [0.15, 0.2) is 42.5 Å². The number of aryl methyl sites for hydroxylation is 1. The van der Waals surface area contributed by atoms with E-state index in [2.05, 4.69) is 97.9 Å². The molecule has 3 atom stereocenters. The minimum atomic E-state index is -0.0602. The number of aliphatic hydroxyl groups is 1. The molecule has 0 bridgehead atoms. The smallest absolute Gasteiger partial charge is 0.119 e. The van der Waals surface area contributed by atoms with Crippen LogP contribution in [0.25, 0.3) is 0 Å². The monoisotopic (exact) mass is 464 g/mol. The average Bonchev–Trinajstić information content (AvgIpc) is 2.79. The maximum absolute atomic E-state index is 10.2. The maximum Gasteiger partial charge on any atom is 0.119 e. The van der Waals surface area contributed by atoms with E-state index in [9.17, 15) is 5.11 Å². The molecular formula is C32H48O2. The van der Waals surface area contributed by atoms with Crippen molar-refractivity contribution in [2.45, 2.75) is 111 Å². The summed E-state index contributed by atoms with van der Waals surface area (Å²) < 4.78 is 5.83. The van der Waals surface area contributed by atoms with Gasteiger partial charge in [0, 0.05) is 12.0 Å². The van der Waals surface area contributed by atoms with Crippen molar-refractivity contribution < 1.29 is 9.84 Å². The van der Waals surface area contributed by atoms with Crippen molar-refractivity contribution in [2.24, 2.45) is 11.3 Å². The van der Waals surface area contributed by atoms with E-state index in [4.69, 9.17) is 4.74 Å². The SMILES string of the molecule is CC(C)Oc1ccc(C(C)(C)c2ccc3c(c2)CCC2C(C)(CO)CCCC32C)cc1.CCC. The summed E-state index contributed by atoms with van der Waals surface area (Å²) in [4.78, 5) is 0. The molecule has 0 radical (unpaired) electrons. The largest absolute Gasteiger partial charge is 0.491 e. The zero-order valence-corrected chi connectivity index (χ0v) is 23.0. The second-order valence-electron chi connectivity index (χ2n) is 12.1. The zero-order chi connectivity index (χ0) is 25.1. The molecule has 0 heterocycles. The average molecular weight is 465 g/mol. The number of benzene rings is 2. The molecule has 0 spiro atoms. The summed E-state index contributed by atoms with van der Waals surface area (Å²) in [6.07, 6.45) is 7.35. The number of hydrogen-bond donors (Lipinski definition) is 1. The van der Waals surface area contributed by atoms with E-state index in [1.807, 2.05) is 0 Å². The molecule has 2 aliphatic rings. The van der Waals surface area contributed by atoms with E-state index in [0.717, 1.165) is 18.6 Å². The van der Waals surface area contributed by atoms with Crippen LogP contribution in [0.1, 0.15) is 110 Å². The summed E-state index contributed by atoms with van der Waals surface area (Å²) in [6, 6.07) is 15.9. The van der Waals surface area contributed by atoms with Crippen LogP contribution in [0.4, 0.5) is 0 Å². The third kappa shape index (κ3) is 5.08. The number of rotatable bonds is 5. The minimum Gasteiger partial charge on any atom is -0.491 e. The summed E-state index contributed by atoms with van der Waals surface area (Å²) in [6.45, 7) is 18.1. The fraction of sp³-hybridized carbons (Fsp3) is 0.625. The van der Waals surface area contributed by atoms with Crippen LogP contribution >= 0.6 is 0 Å². The molecule has 1 saturated carbocycles. The fourth-order valence-corrected chi connectivity index (χ4v) is 6.59. The van der Waals surface area contributed by atoms with Crippen molar-refractivity contribution in [1.82, 2.24) is 0 Å². The Kier molecular flexibility index (Phi) is 8.23. The van der Waals surface area contributed by atoms with Crippen LogP contribution in [0.5, 0.6) is 5.75 Å². The van der Waals surface area contributed by atoms with Gasteiger partial charge in [0.05, 0.1) is 6.10 Å². The number of fused-ring (bicyclic) bond motifs is 3. The molecule has 2 aromatic rings. The van der Waals surface area contributed by atoms with Crippen molar-refractivity contribution in [2.75, 3.05) is 6.61 Å². The zero-order valence-electron chi connectivity index (χ0n) is 23.0. The van der Waals surface area contributed by atoms with Crippen LogP contribution in [0.2, 0.25) is 0 Å².